The van der Waals surface area contributed by atoms with E-state index >= 15 is 0 Å². The van der Waals surface area contributed by atoms with Crippen LogP contribution in [0, 0.1) is 0 Å². The van der Waals surface area contributed by atoms with Crippen LogP contribution in [0.1, 0.15) is 22.8 Å². The van der Waals surface area contributed by atoms with Gasteiger partial charge < -0.3 is 15.2 Å². The van der Waals surface area contributed by atoms with Gasteiger partial charge in [0.15, 0.2) is 0 Å². The molecule has 0 spiro atoms. The van der Waals surface area contributed by atoms with Gasteiger partial charge >= 0.3 is 5.97 Å². The number of hydrogen-bond acceptors (Lipinski definition) is 3. The van der Waals surface area contributed by atoms with Crippen LogP contribution >= 0.6 is 11.6 Å². The zero-order valence-electron chi connectivity index (χ0n) is 13.2. The van der Waals surface area contributed by atoms with Gasteiger partial charge in [0.05, 0.1) is 23.4 Å². The monoisotopic (exact) mass is 345 g/mol. The molecule has 5 nitrogen and oxygen atoms in total. The van der Waals surface area contributed by atoms with Crippen molar-refractivity contribution in [1.82, 2.24) is 0 Å². The first-order chi connectivity index (χ1) is 11.4. The van der Waals surface area contributed by atoms with Crippen molar-refractivity contribution < 1.29 is 19.4 Å². The van der Waals surface area contributed by atoms with Gasteiger partial charge in [0.25, 0.3) is 5.91 Å². The van der Waals surface area contributed by atoms with Crippen LogP contribution in [0.3, 0.4) is 0 Å². The molecule has 0 fully saturated rings. The lowest BCUT2D eigenvalue weighted by Crippen LogP contribution is -2.13. The van der Waals surface area contributed by atoms with Gasteiger partial charge in [0.2, 0.25) is 0 Å². The number of ether oxygens (including phenoxy) is 1. The predicted octanol–water partition coefficient (Wildman–Crippen LogP) is 4.09. The van der Waals surface area contributed by atoms with Gasteiger partial charge in [0.1, 0.15) is 5.75 Å². The molecule has 0 aliphatic heterocycles. The van der Waals surface area contributed by atoms with E-state index in [0.717, 1.165) is 11.3 Å². The Morgan fingerprint density at radius 2 is 1.83 bits per heavy atom. The highest BCUT2D eigenvalue weighted by Gasteiger charge is 2.11. The summed E-state index contributed by atoms with van der Waals surface area (Å²) in [7, 11) is 1.58. The molecular formula is C18H16ClNO4. The van der Waals surface area contributed by atoms with Crippen molar-refractivity contribution in [3.05, 3.63) is 64.2 Å². The van der Waals surface area contributed by atoms with Crippen LogP contribution in [0.2, 0.25) is 5.02 Å². The highest BCUT2D eigenvalue weighted by atomic mass is 35.5. The van der Waals surface area contributed by atoms with Gasteiger partial charge in [-0.3, -0.25) is 4.79 Å². The van der Waals surface area contributed by atoms with E-state index in [1.165, 1.54) is 18.2 Å². The lowest BCUT2D eigenvalue weighted by Gasteiger charge is -2.09. The van der Waals surface area contributed by atoms with E-state index in [2.05, 4.69) is 5.32 Å². The van der Waals surface area contributed by atoms with Gasteiger partial charge in [-0.05, 0) is 48.9 Å². The van der Waals surface area contributed by atoms with Crippen molar-refractivity contribution in [2.24, 2.45) is 0 Å². The molecule has 0 bridgehead atoms. The average molecular weight is 346 g/mol. The molecule has 0 radical (unpaired) electrons. The number of carboxylic acids is 1. The normalized spacial score (nSPS) is 11.0. The molecule has 1 amide bonds. The summed E-state index contributed by atoms with van der Waals surface area (Å²) in [6.07, 6.45) is 1.71. The first kappa shape index (κ1) is 17.6. The molecule has 6 heteroatoms. The van der Waals surface area contributed by atoms with Crippen molar-refractivity contribution >= 4 is 35.2 Å². The molecule has 124 valence electrons. The molecule has 0 saturated carbocycles. The van der Waals surface area contributed by atoms with Crippen molar-refractivity contribution in [1.29, 1.82) is 0 Å². The van der Waals surface area contributed by atoms with Gasteiger partial charge in [-0.1, -0.05) is 23.7 Å². The highest BCUT2D eigenvalue weighted by molar-refractivity contribution is 6.34. The smallest absolute Gasteiger partial charge is 0.335 e. The van der Waals surface area contributed by atoms with Crippen LogP contribution in [-0.2, 0) is 4.79 Å². The van der Waals surface area contributed by atoms with Crippen molar-refractivity contribution in [3.8, 4) is 5.75 Å². The van der Waals surface area contributed by atoms with E-state index in [0.29, 0.717) is 5.57 Å². The Hall–Kier alpha value is -2.79. The maximum Gasteiger partial charge on any atom is 0.335 e. The Morgan fingerprint density at radius 1 is 1.17 bits per heavy atom. The number of anilines is 1. The maximum atomic E-state index is 12.3. The highest BCUT2D eigenvalue weighted by Crippen LogP contribution is 2.24. The van der Waals surface area contributed by atoms with Crippen LogP contribution in [0.15, 0.2) is 48.0 Å². The molecule has 0 unspecified atom stereocenters. The first-order valence-electron chi connectivity index (χ1n) is 7.07. The Morgan fingerprint density at radius 3 is 2.42 bits per heavy atom. The fourth-order valence-electron chi connectivity index (χ4n) is 1.99. The summed E-state index contributed by atoms with van der Waals surface area (Å²) in [6.45, 7) is 1.66. The summed E-state index contributed by atoms with van der Waals surface area (Å²) >= 11 is 6.00. The van der Waals surface area contributed by atoms with Crippen LogP contribution < -0.4 is 10.1 Å². The second kappa shape index (κ2) is 7.66. The number of amides is 1. The number of carboxylic acid groups (broad SMARTS) is 1. The fourth-order valence-corrected chi connectivity index (χ4v) is 2.16. The lowest BCUT2D eigenvalue weighted by atomic mass is 10.1. The molecule has 0 heterocycles. The predicted molar refractivity (Wildman–Crippen MR) is 93.7 cm³/mol. The van der Waals surface area contributed by atoms with Gasteiger partial charge in [0, 0.05) is 5.57 Å². The number of rotatable bonds is 5. The Balaban J connectivity index is 2.17. The topological polar surface area (TPSA) is 75.6 Å². The molecule has 0 aromatic heterocycles. The van der Waals surface area contributed by atoms with Crippen LogP contribution in [0.4, 0.5) is 5.69 Å². The Kier molecular flexibility index (Phi) is 5.60. The minimum Gasteiger partial charge on any atom is -0.497 e. The number of aromatic carboxylic acids is 1. The zero-order chi connectivity index (χ0) is 17.7. The number of benzene rings is 2. The molecule has 0 atom stereocenters. The number of carbonyl (C=O) groups is 2. The van der Waals surface area contributed by atoms with Crippen LogP contribution in [-0.4, -0.2) is 24.1 Å². The number of methoxy groups -OCH3 is 1. The first-order valence-corrected chi connectivity index (χ1v) is 7.45. The second-order valence-electron chi connectivity index (χ2n) is 5.05. The van der Waals surface area contributed by atoms with Gasteiger partial charge in [-0.2, -0.15) is 0 Å². The lowest BCUT2D eigenvalue weighted by molar-refractivity contribution is -0.112. The number of carbonyl (C=O) groups excluding carboxylic acids is 1. The van der Waals surface area contributed by atoms with E-state index in [-0.39, 0.29) is 22.2 Å². The van der Waals surface area contributed by atoms with Crippen LogP contribution in [0.5, 0.6) is 5.75 Å². The van der Waals surface area contributed by atoms with E-state index in [1.54, 1.807) is 32.2 Å². The van der Waals surface area contributed by atoms with E-state index in [9.17, 15) is 9.59 Å². The van der Waals surface area contributed by atoms with Gasteiger partial charge in [-0.15, -0.1) is 0 Å². The number of hydrogen-bond donors (Lipinski definition) is 2. The minimum absolute atomic E-state index is 0.0477. The van der Waals surface area contributed by atoms with E-state index < -0.39 is 5.97 Å². The molecule has 2 aromatic carbocycles. The molecule has 24 heavy (non-hydrogen) atoms. The molecule has 0 aliphatic carbocycles. The fraction of sp³-hybridized carbons (Fsp3) is 0.111. The third-order valence-corrected chi connectivity index (χ3v) is 3.65. The maximum absolute atomic E-state index is 12.3. The molecule has 2 aromatic rings. The SMILES string of the molecule is COc1ccc(C=C(C)C(=O)Nc2cc(C(=O)O)ccc2Cl)cc1. The summed E-state index contributed by atoms with van der Waals surface area (Å²) in [6, 6.07) is 11.4. The van der Waals surface area contributed by atoms with Crippen molar-refractivity contribution in [2.75, 3.05) is 12.4 Å². The van der Waals surface area contributed by atoms with Crippen LogP contribution in [0.25, 0.3) is 6.08 Å². The Bertz CT molecular complexity index is 797. The molecule has 0 aliphatic rings. The van der Waals surface area contributed by atoms with E-state index in [4.69, 9.17) is 21.4 Å². The largest absolute Gasteiger partial charge is 0.497 e. The van der Waals surface area contributed by atoms with Crippen molar-refractivity contribution in [2.45, 2.75) is 6.92 Å². The second-order valence-corrected chi connectivity index (χ2v) is 5.46. The summed E-state index contributed by atoms with van der Waals surface area (Å²) in [5, 5.41) is 11.9. The molecule has 0 saturated heterocycles. The minimum atomic E-state index is -1.09. The molecule has 2 N–H and O–H groups in total. The summed E-state index contributed by atoms with van der Waals surface area (Å²) in [5.41, 5.74) is 1.60. The summed E-state index contributed by atoms with van der Waals surface area (Å²) < 4.78 is 5.08. The van der Waals surface area contributed by atoms with E-state index in [1.807, 2.05) is 12.1 Å². The standard InChI is InChI=1S/C18H16ClNO4/c1-11(9-12-3-6-14(24-2)7-4-12)17(21)20-16-10-13(18(22)23)5-8-15(16)19/h3-10H,1-2H3,(H,20,21)(H,22,23). The average Bonchev–Trinajstić information content (AvgIpc) is 2.57. The third-order valence-electron chi connectivity index (χ3n) is 3.32. The quantitative estimate of drug-likeness (QED) is 0.800. The zero-order valence-corrected chi connectivity index (χ0v) is 13.9. The summed E-state index contributed by atoms with van der Waals surface area (Å²) in [4.78, 5) is 23.3. The molecular weight excluding hydrogens is 330 g/mol. The van der Waals surface area contributed by atoms with Gasteiger partial charge in [-0.25, -0.2) is 4.79 Å². The third kappa shape index (κ3) is 4.36. The number of nitrogens with one attached hydrogen (secondary N) is 1. The molecule has 2 rings (SSSR count). The van der Waals surface area contributed by atoms with Crippen molar-refractivity contribution in [3.63, 3.8) is 0 Å². The Labute approximate surface area is 144 Å². The number of halogens is 1. The summed E-state index contributed by atoms with van der Waals surface area (Å²) in [5.74, 6) is -0.727.